The van der Waals surface area contributed by atoms with E-state index in [-0.39, 0.29) is 6.09 Å². The first-order chi connectivity index (χ1) is 9.89. The number of amides is 1. The molecular weight excluding hydrogens is 266 g/mol. The summed E-state index contributed by atoms with van der Waals surface area (Å²) < 4.78 is 5.39. The van der Waals surface area contributed by atoms with Gasteiger partial charge in [0.2, 0.25) is 5.96 Å². The van der Waals surface area contributed by atoms with Crippen LogP contribution in [0.2, 0.25) is 0 Å². The van der Waals surface area contributed by atoms with Crippen LogP contribution in [0.3, 0.4) is 0 Å². The molecule has 0 bridgehead atoms. The molecule has 0 unspecified atom stereocenters. The zero-order valence-electron chi connectivity index (χ0n) is 13.1. The number of aryl methyl sites for hydroxylation is 1. The van der Waals surface area contributed by atoms with E-state index in [1.165, 1.54) is 5.56 Å². The number of carbonyl (C=O) groups excluding carboxylic acids is 1. The summed E-state index contributed by atoms with van der Waals surface area (Å²) in [5, 5.41) is 3.18. The number of nitrogens with zero attached hydrogens (tertiary/aromatic N) is 2. The predicted octanol–water partition coefficient (Wildman–Crippen LogP) is 3.27. The summed E-state index contributed by atoms with van der Waals surface area (Å²) in [5.74, 6) is 0.550. The molecule has 0 atom stereocenters. The van der Waals surface area contributed by atoms with Gasteiger partial charge in [-0.3, -0.25) is 4.99 Å². The molecule has 0 saturated heterocycles. The van der Waals surface area contributed by atoms with Crippen molar-refractivity contribution >= 4 is 17.7 Å². The third-order valence-electron chi connectivity index (χ3n) is 3.07. The Bertz CT molecular complexity index is 529. The standard InChI is InChI=1S/C16H23N3O2/c1-5-12-6-8-13(9-7-12)18-14-17-10-11-19(14)15(20)21-16(2,3)4/h6-9H,5,10-11H2,1-4H3,(H,17,18). The number of anilines is 1. The number of carbonyl (C=O) groups is 1. The van der Waals surface area contributed by atoms with Crippen molar-refractivity contribution in [1.82, 2.24) is 4.90 Å². The third-order valence-corrected chi connectivity index (χ3v) is 3.07. The van der Waals surface area contributed by atoms with Crippen LogP contribution < -0.4 is 5.32 Å². The molecule has 1 aromatic carbocycles. The highest BCUT2D eigenvalue weighted by molar-refractivity contribution is 6.03. The first-order valence-corrected chi connectivity index (χ1v) is 7.30. The quantitative estimate of drug-likeness (QED) is 0.909. The van der Waals surface area contributed by atoms with Crippen LogP contribution in [0.15, 0.2) is 29.3 Å². The molecule has 5 nitrogen and oxygen atoms in total. The smallest absolute Gasteiger partial charge is 0.417 e. The Morgan fingerprint density at radius 3 is 2.57 bits per heavy atom. The molecule has 0 fully saturated rings. The second kappa shape index (κ2) is 6.16. The normalized spacial score (nSPS) is 14.9. The second-order valence-electron chi connectivity index (χ2n) is 6.01. The van der Waals surface area contributed by atoms with Gasteiger partial charge in [-0.1, -0.05) is 19.1 Å². The minimum atomic E-state index is -0.506. The number of nitrogens with one attached hydrogen (secondary N) is 1. The van der Waals surface area contributed by atoms with Crippen LogP contribution in [0, 0.1) is 0 Å². The first kappa shape index (κ1) is 15.4. The summed E-state index contributed by atoms with van der Waals surface area (Å²) in [6.45, 7) is 8.82. The average Bonchev–Trinajstić information content (AvgIpc) is 2.86. The molecule has 5 heteroatoms. The minimum Gasteiger partial charge on any atom is -0.443 e. The molecule has 1 aliphatic heterocycles. The third kappa shape index (κ3) is 4.21. The van der Waals surface area contributed by atoms with E-state index in [9.17, 15) is 4.79 Å². The van der Waals surface area contributed by atoms with Crippen LogP contribution in [0.4, 0.5) is 10.5 Å². The van der Waals surface area contributed by atoms with Gasteiger partial charge >= 0.3 is 6.09 Å². The number of benzene rings is 1. The predicted molar refractivity (Wildman–Crippen MR) is 84.7 cm³/mol. The van der Waals surface area contributed by atoms with Crippen LogP contribution in [0.1, 0.15) is 33.3 Å². The average molecular weight is 289 g/mol. The summed E-state index contributed by atoms with van der Waals surface area (Å²) >= 11 is 0. The Morgan fingerprint density at radius 2 is 2.00 bits per heavy atom. The Balaban J connectivity index is 2.03. The van der Waals surface area contributed by atoms with Crippen molar-refractivity contribution in [1.29, 1.82) is 0 Å². The summed E-state index contributed by atoms with van der Waals surface area (Å²) in [6, 6.07) is 8.12. The molecule has 0 saturated carbocycles. The maximum Gasteiger partial charge on any atom is 0.417 e. The van der Waals surface area contributed by atoms with Crippen molar-refractivity contribution < 1.29 is 9.53 Å². The van der Waals surface area contributed by atoms with Crippen LogP contribution >= 0.6 is 0 Å². The highest BCUT2D eigenvalue weighted by Gasteiger charge is 2.28. The summed E-state index contributed by atoms with van der Waals surface area (Å²) in [5.41, 5.74) is 1.69. The molecule has 1 N–H and O–H groups in total. The Labute approximate surface area is 126 Å². The van der Waals surface area contributed by atoms with Gasteiger partial charge in [-0.05, 0) is 44.9 Å². The Morgan fingerprint density at radius 1 is 1.33 bits per heavy atom. The Kier molecular flexibility index (Phi) is 4.50. The van der Waals surface area contributed by atoms with Crippen molar-refractivity contribution in [2.45, 2.75) is 39.7 Å². The number of hydrogen-bond donors (Lipinski definition) is 1. The van der Waals surface area contributed by atoms with Gasteiger partial charge in [0.15, 0.2) is 0 Å². The largest absolute Gasteiger partial charge is 0.443 e. The second-order valence-corrected chi connectivity index (χ2v) is 6.01. The Hall–Kier alpha value is -2.04. The number of rotatable bonds is 2. The van der Waals surface area contributed by atoms with E-state index >= 15 is 0 Å². The first-order valence-electron chi connectivity index (χ1n) is 7.30. The van der Waals surface area contributed by atoms with E-state index in [4.69, 9.17) is 4.74 Å². The molecule has 2 rings (SSSR count). The van der Waals surface area contributed by atoms with Gasteiger partial charge in [0, 0.05) is 5.69 Å². The minimum absolute atomic E-state index is 0.364. The fourth-order valence-corrected chi connectivity index (χ4v) is 2.00. The fourth-order valence-electron chi connectivity index (χ4n) is 2.00. The van der Waals surface area contributed by atoms with Gasteiger partial charge < -0.3 is 10.1 Å². The van der Waals surface area contributed by atoms with Gasteiger partial charge in [0.25, 0.3) is 0 Å². The van der Waals surface area contributed by atoms with E-state index in [0.717, 1.165) is 12.1 Å². The molecular formula is C16H23N3O2. The van der Waals surface area contributed by atoms with E-state index < -0.39 is 5.60 Å². The lowest BCUT2D eigenvalue weighted by molar-refractivity contribution is 0.0384. The zero-order chi connectivity index (χ0) is 15.5. The van der Waals surface area contributed by atoms with Crippen molar-refractivity contribution in [3.8, 4) is 0 Å². The van der Waals surface area contributed by atoms with Gasteiger partial charge in [-0.25, -0.2) is 9.69 Å². The van der Waals surface area contributed by atoms with Gasteiger partial charge in [-0.2, -0.15) is 0 Å². The molecule has 1 aromatic rings. The molecule has 0 radical (unpaired) electrons. The zero-order valence-corrected chi connectivity index (χ0v) is 13.1. The van der Waals surface area contributed by atoms with Crippen LogP contribution in [-0.4, -0.2) is 35.6 Å². The SMILES string of the molecule is CCc1ccc(NC2=NCCN2C(=O)OC(C)(C)C)cc1. The van der Waals surface area contributed by atoms with Gasteiger partial charge in [0.05, 0.1) is 13.1 Å². The van der Waals surface area contributed by atoms with E-state index in [2.05, 4.69) is 29.4 Å². The van der Waals surface area contributed by atoms with Crippen LogP contribution in [0.5, 0.6) is 0 Å². The number of ether oxygens (including phenoxy) is 1. The molecule has 1 amide bonds. The fraction of sp³-hybridized carbons (Fsp3) is 0.500. The van der Waals surface area contributed by atoms with Gasteiger partial charge in [0.1, 0.15) is 5.60 Å². The molecule has 0 spiro atoms. The van der Waals surface area contributed by atoms with E-state index in [0.29, 0.717) is 19.0 Å². The molecule has 1 heterocycles. The molecule has 1 aliphatic rings. The van der Waals surface area contributed by atoms with Crippen LogP contribution in [-0.2, 0) is 11.2 Å². The molecule has 21 heavy (non-hydrogen) atoms. The molecule has 0 aromatic heterocycles. The lowest BCUT2D eigenvalue weighted by Crippen LogP contribution is -2.41. The summed E-state index contributed by atoms with van der Waals surface area (Å²) in [6.07, 6.45) is 0.641. The highest BCUT2D eigenvalue weighted by atomic mass is 16.6. The lowest BCUT2D eigenvalue weighted by atomic mass is 10.1. The highest BCUT2D eigenvalue weighted by Crippen LogP contribution is 2.15. The number of aliphatic imine (C=N–C) groups is 1. The van der Waals surface area contributed by atoms with E-state index in [1.807, 2.05) is 32.9 Å². The maximum absolute atomic E-state index is 12.1. The summed E-state index contributed by atoms with van der Waals surface area (Å²) in [7, 11) is 0. The van der Waals surface area contributed by atoms with Crippen molar-refractivity contribution in [3.05, 3.63) is 29.8 Å². The monoisotopic (exact) mass is 289 g/mol. The lowest BCUT2D eigenvalue weighted by Gasteiger charge is -2.25. The number of hydrogen-bond acceptors (Lipinski definition) is 4. The number of guanidine groups is 1. The summed E-state index contributed by atoms with van der Waals surface area (Å²) in [4.78, 5) is 18.0. The van der Waals surface area contributed by atoms with Crippen molar-refractivity contribution in [3.63, 3.8) is 0 Å². The van der Waals surface area contributed by atoms with Gasteiger partial charge in [-0.15, -0.1) is 0 Å². The van der Waals surface area contributed by atoms with Crippen molar-refractivity contribution in [2.24, 2.45) is 4.99 Å². The van der Waals surface area contributed by atoms with E-state index in [1.54, 1.807) is 4.90 Å². The molecule has 114 valence electrons. The molecule has 0 aliphatic carbocycles. The van der Waals surface area contributed by atoms with Crippen LogP contribution in [0.25, 0.3) is 0 Å². The maximum atomic E-state index is 12.1. The topological polar surface area (TPSA) is 53.9 Å². The van der Waals surface area contributed by atoms with Crippen molar-refractivity contribution in [2.75, 3.05) is 18.4 Å².